The van der Waals surface area contributed by atoms with Crippen molar-refractivity contribution in [2.75, 3.05) is 0 Å². The van der Waals surface area contributed by atoms with Crippen LogP contribution in [0.25, 0.3) is 26.4 Å². The highest BCUT2D eigenvalue weighted by Crippen LogP contribution is 2.36. The third-order valence-electron chi connectivity index (χ3n) is 3.64. The molecule has 1 aliphatic heterocycles. The van der Waals surface area contributed by atoms with Gasteiger partial charge < -0.3 is 0 Å². The molecular formula is C14H9N4S+. The molecule has 0 fully saturated rings. The molecule has 4 aromatic rings. The molecule has 0 amide bonds. The van der Waals surface area contributed by atoms with Crippen LogP contribution in [0, 0.1) is 0 Å². The van der Waals surface area contributed by atoms with E-state index >= 15 is 0 Å². The maximum atomic E-state index is 4.52. The summed E-state index contributed by atoms with van der Waals surface area (Å²) in [4.78, 5) is 4.52. The number of hydrogen-bond donors (Lipinski definition) is 0. The van der Waals surface area contributed by atoms with E-state index in [1.54, 1.807) is 11.3 Å². The molecule has 90 valence electrons. The zero-order valence-corrected chi connectivity index (χ0v) is 10.8. The molecule has 0 saturated heterocycles. The van der Waals surface area contributed by atoms with Gasteiger partial charge in [0.2, 0.25) is 5.52 Å². The van der Waals surface area contributed by atoms with Crippen LogP contribution in [0.2, 0.25) is 0 Å². The topological polar surface area (TPSA) is 34.1 Å². The van der Waals surface area contributed by atoms with Gasteiger partial charge in [-0.2, -0.15) is 9.67 Å². The molecule has 0 spiro atoms. The van der Waals surface area contributed by atoms with Gasteiger partial charge in [-0.3, -0.25) is 0 Å². The Kier molecular flexibility index (Phi) is 1.62. The van der Waals surface area contributed by atoms with Gasteiger partial charge in [-0.1, -0.05) is 11.3 Å². The van der Waals surface area contributed by atoms with E-state index in [0.717, 1.165) is 12.2 Å². The minimum Gasteiger partial charge on any atom is -0.248 e. The number of aromatic nitrogens is 4. The molecule has 0 aromatic carbocycles. The predicted octanol–water partition coefficient (Wildman–Crippen LogP) is 2.26. The van der Waals surface area contributed by atoms with Gasteiger partial charge in [0, 0.05) is 12.4 Å². The lowest BCUT2D eigenvalue weighted by atomic mass is 10.2. The van der Waals surface area contributed by atoms with Crippen LogP contribution in [0.3, 0.4) is 0 Å². The predicted molar refractivity (Wildman–Crippen MR) is 73.1 cm³/mol. The Hall–Kier alpha value is -2.27. The first-order valence-electron chi connectivity index (χ1n) is 6.15. The van der Waals surface area contributed by atoms with Crippen molar-refractivity contribution in [3.8, 4) is 10.7 Å². The number of fused-ring (bicyclic) bond motifs is 7. The van der Waals surface area contributed by atoms with Crippen LogP contribution in [-0.4, -0.2) is 14.6 Å². The highest BCUT2D eigenvalue weighted by Gasteiger charge is 2.34. The summed E-state index contributed by atoms with van der Waals surface area (Å²) < 4.78 is 5.58. The highest BCUT2D eigenvalue weighted by atomic mass is 32.1. The normalized spacial score (nSPS) is 13.1. The molecule has 0 atom stereocenters. The van der Waals surface area contributed by atoms with Crippen LogP contribution in [0.15, 0.2) is 42.9 Å². The van der Waals surface area contributed by atoms with Crippen LogP contribution in [0.5, 0.6) is 0 Å². The third-order valence-corrected chi connectivity index (χ3v) is 4.87. The molecule has 5 heterocycles. The molecule has 0 bridgehead atoms. The lowest BCUT2D eigenvalue weighted by molar-refractivity contribution is -0.642. The van der Waals surface area contributed by atoms with Gasteiger partial charge in [0.1, 0.15) is 10.9 Å². The summed E-state index contributed by atoms with van der Waals surface area (Å²) in [5.41, 5.74) is 4.85. The third kappa shape index (κ3) is 1.11. The zero-order valence-electron chi connectivity index (χ0n) is 9.95. The van der Waals surface area contributed by atoms with Crippen molar-refractivity contribution < 1.29 is 4.57 Å². The minimum atomic E-state index is 0.912. The van der Waals surface area contributed by atoms with Crippen molar-refractivity contribution in [1.82, 2.24) is 14.6 Å². The Morgan fingerprint density at radius 1 is 1.21 bits per heavy atom. The molecular weight excluding hydrogens is 256 g/mol. The Morgan fingerprint density at radius 3 is 3.16 bits per heavy atom. The highest BCUT2D eigenvalue weighted by molar-refractivity contribution is 7.22. The molecule has 0 radical (unpaired) electrons. The molecule has 4 aromatic heterocycles. The van der Waals surface area contributed by atoms with Crippen molar-refractivity contribution >= 4 is 27.1 Å². The SMILES string of the molecule is c1cnc2c(c1)C[n+]1c-2sc2c3cccnn3cc21. The van der Waals surface area contributed by atoms with Gasteiger partial charge in [-0.15, -0.1) is 0 Å². The Morgan fingerprint density at radius 2 is 2.16 bits per heavy atom. The summed E-state index contributed by atoms with van der Waals surface area (Å²) in [6.45, 7) is 0.912. The Labute approximate surface area is 112 Å². The quantitative estimate of drug-likeness (QED) is 0.402. The summed E-state index contributed by atoms with van der Waals surface area (Å²) in [6.07, 6.45) is 5.79. The lowest BCUT2D eigenvalue weighted by Crippen LogP contribution is -2.29. The molecule has 19 heavy (non-hydrogen) atoms. The first kappa shape index (κ1) is 9.63. The zero-order chi connectivity index (χ0) is 12.4. The van der Waals surface area contributed by atoms with E-state index in [2.05, 4.69) is 33.0 Å². The van der Waals surface area contributed by atoms with E-state index in [0.29, 0.717) is 0 Å². The van der Waals surface area contributed by atoms with Gasteiger partial charge in [0.25, 0.3) is 5.01 Å². The second-order valence-electron chi connectivity index (χ2n) is 4.70. The molecule has 0 unspecified atom stereocenters. The van der Waals surface area contributed by atoms with Crippen molar-refractivity contribution in [3.05, 3.63) is 48.4 Å². The number of rotatable bonds is 0. The van der Waals surface area contributed by atoms with Crippen LogP contribution in [-0.2, 0) is 6.54 Å². The summed E-state index contributed by atoms with van der Waals surface area (Å²) in [6, 6.07) is 8.25. The van der Waals surface area contributed by atoms with Crippen LogP contribution in [0.1, 0.15) is 5.56 Å². The Balaban J connectivity index is 1.93. The molecule has 5 heteroatoms. The summed E-state index contributed by atoms with van der Waals surface area (Å²) in [5, 5.41) is 5.62. The fourth-order valence-electron chi connectivity index (χ4n) is 2.79. The van der Waals surface area contributed by atoms with Gasteiger partial charge >= 0.3 is 0 Å². The van der Waals surface area contributed by atoms with E-state index in [1.807, 2.05) is 29.0 Å². The van der Waals surface area contributed by atoms with Gasteiger partial charge in [-0.05, 0) is 24.3 Å². The molecule has 4 nitrogen and oxygen atoms in total. The van der Waals surface area contributed by atoms with Gasteiger partial charge in [0.05, 0.1) is 11.1 Å². The van der Waals surface area contributed by atoms with E-state index in [1.165, 1.54) is 26.3 Å². The monoisotopic (exact) mass is 265 g/mol. The molecule has 1 aliphatic rings. The molecule has 0 aliphatic carbocycles. The summed E-state index contributed by atoms with van der Waals surface area (Å²) >= 11 is 1.80. The minimum absolute atomic E-state index is 0.912. The average molecular weight is 265 g/mol. The molecule has 5 rings (SSSR count). The second-order valence-corrected chi connectivity index (χ2v) is 5.70. The van der Waals surface area contributed by atoms with Crippen LogP contribution < -0.4 is 4.57 Å². The smallest absolute Gasteiger partial charge is 0.248 e. The Bertz CT molecular complexity index is 951. The van der Waals surface area contributed by atoms with E-state index in [9.17, 15) is 0 Å². The van der Waals surface area contributed by atoms with Crippen molar-refractivity contribution in [3.63, 3.8) is 0 Å². The molecule has 0 saturated carbocycles. The maximum Gasteiger partial charge on any atom is 0.289 e. The first-order valence-corrected chi connectivity index (χ1v) is 6.96. The van der Waals surface area contributed by atoms with Crippen LogP contribution in [0.4, 0.5) is 0 Å². The number of hydrogen-bond acceptors (Lipinski definition) is 3. The number of pyridine rings is 1. The fraction of sp³-hybridized carbons (Fsp3) is 0.0714. The van der Waals surface area contributed by atoms with Crippen molar-refractivity contribution in [2.45, 2.75) is 6.54 Å². The standard InChI is InChI=1S/C14H9N4S/c1-3-9-7-17-11-8-18-10(4-2-6-16-18)13(11)19-14(17)12(9)15-5-1/h1-6,8H,7H2/q+1. The number of thiazole rings is 1. The largest absolute Gasteiger partial charge is 0.289 e. The van der Waals surface area contributed by atoms with E-state index < -0.39 is 0 Å². The van der Waals surface area contributed by atoms with E-state index in [-0.39, 0.29) is 0 Å². The fourth-order valence-corrected chi connectivity index (χ4v) is 4.07. The van der Waals surface area contributed by atoms with Gasteiger partial charge in [0.15, 0.2) is 12.2 Å². The summed E-state index contributed by atoms with van der Waals surface area (Å²) in [7, 11) is 0. The van der Waals surface area contributed by atoms with Crippen molar-refractivity contribution in [2.24, 2.45) is 0 Å². The summed E-state index contributed by atoms with van der Waals surface area (Å²) in [5.74, 6) is 0. The second kappa shape index (κ2) is 3.19. The van der Waals surface area contributed by atoms with Crippen LogP contribution >= 0.6 is 11.3 Å². The number of nitrogens with zero attached hydrogens (tertiary/aromatic N) is 4. The van der Waals surface area contributed by atoms with E-state index in [4.69, 9.17) is 0 Å². The van der Waals surface area contributed by atoms with Crippen molar-refractivity contribution in [1.29, 1.82) is 0 Å². The maximum absolute atomic E-state index is 4.52. The molecule has 0 N–H and O–H groups in total. The first-order chi connectivity index (χ1) is 9.42. The van der Waals surface area contributed by atoms with Gasteiger partial charge in [-0.25, -0.2) is 9.50 Å². The lowest BCUT2D eigenvalue weighted by Gasteiger charge is -1.89. The average Bonchev–Trinajstić information content (AvgIpc) is 3.07.